The number of nitrogens with one attached hydrogen (secondary N) is 1. The number of benzene rings is 3. The minimum absolute atomic E-state index is 0.0580. The van der Waals surface area contributed by atoms with Gasteiger partial charge in [0.05, 0.1) is 22.7 Å². The molecule has 1 amide bonds. The van der Waals surface area contributed by atoms with Gasteiger partial charge in [-0.1, -0.05) is 41.9 Å². The van der Waals surface area contributed by atoms with Crippen LogP contribution in [-0.4, -0.2) is 64.0 Å². The Balaban J connectivity index is 1.26. The topological polar surface area (TPSA) is 88.2 Å². The maximum Gasteiger partial charge on any atom is 0.261 e. The van der Waals surface area contributed by atoms with Gasteiger partial charge in [-0.05, 0) is 48.0 Å². The third kappa shape index (κ3) is 6.69. The molecule has 1 N–H and O–H groups in total. The van der Waals surface area contributed by atoms with E-state index in [0.29, 0.717) is 35.3 Å². The van der Waals surface area contributed by atoms with E-state index in [2.05, 4.69) is 21.8 Å². The summed E-state index contributed by atoms with van der Waals surface area (Å²) >= 11 is 6.07. The van der Waals surface area contributed by atoms with Gasteiger partial charge in [0.25, 0.3) is 15.9 Å². The van der Waals surface area contributed by atoms with E-state index in [4.69, 9.17) is 21.1 Å². The van der Waals surface area contributed by atoms with E-state index in [0.717, 1.165) is 19.6 Å². The lowest BCUT2D eigenvalue weighted by molar-refractivity contribution is -0.135. The number of carbonyl (C=O) groups excluding carboxylic acids is 1. The van der Waals surface area contributed by atoms with E-state index in [1.165, 1.54) is 43.0 Å². The van der Waals surface area contributed by atoms with Crippen LogP contribution in [0.5, 0.6) is 11.5 Å². The van der Waals surface area contributed by atoms with E-state index in [1.54, 1.807) is 17.0 Å². The van der Waals surface area contributed by atoms with Crippen molar-refractivity contribution in [1.82, 2.24) is 9.80 Å². The summed E-state index contributed by atoms with van der Waals surface area (Å²) in [4.78, 5) is 16.8. The van der Waals surface area contributed by atoms with Gasteiger partial charge in [-0.3, -0.25) is 14.4 Å². The molecule has 0 aliphatic carbocycles. The zero-order chi connectivity index (χ0) is 25.5. The summed E-state index contributed by atoms with van der Waals surface area (Å²) in [6, 6.07) is 20.8. The largest absolute Gasteiger partial charge is 0.495 e. The van der Waals surface area contributed by atoms with Crippen molar-refractivity contribution in [3.8, 4) is 11.5 Å². The molecule has 1 fully saturated rings. The molecule has 1 aliphatic rings. The Bertz CT molecular complexity index is 1280. The number of hydrogen-bond donors (Lipinski definition) is 1. The highest BCUT2D eigenvalue weighted by Crippen LogP contribution is 2.28. The average molecular weight is 530 g/mol. The summed E-state index contributed by atoms with van der Waals surface area (Å²) < 4.78 is 38.6. The van der Waals surface area contributed by atoms with Crippen molar-refractivity contribution in [2.24, 2.45) is 0 Å². The Morgan fingerprint density at radius 2 is 1.67 bits per heavy atom. The molecule has 4 rings (SSSR count). The van der Waals surface area contributed by atoms with Gasteiger partial charge >= 0.3 is 0 Å². The minimum Gasteiger partial charge on any atom is -0.495 e. The minimum atomic E-state index is -3.83. The first kappa shape index (κ1) is 25.8. The number of halogens is 1. The number of amides is 1. The first-order chi connectivity index (χ1) is 17.3. The smallest absolute Gasteiger partial charge is 0.261 e. The van der Waals surface area contributed by atoms with Gasteiger partial charge in [-0.2, -0.15) is 0 Å². The molecule has 1 aliphatic heterocycles. The molecule has 0 spiro atoms. The number of rotatable bonds is 9. The summed E-state index contributed by atoms with van der Waals surface area (Å²) in [7, 11) is -2.35. The van der Waals surface area contributed by atoms with Crippen LogP contribution in [0.15, 0.2) is 77.7 Å². The molecule has 190 valence electrons. The number of nitrogens with zero attached hydrogens (tertiary/aromatic N) is 2. The third-order valence-electron chi connectivity index (χ3n) is 5.87. The molecule has 8 nitrogen and oxygen atoms in total. The Morgan fingerprint density at radius 3 is 2.31 bits per heavy atom. The fraction of sp³-hybridized carbons (Fsp3) is 0.269. The van der Waals surface area contributed by atoms with Crippen molar-refractivity contribution in [2.75, 3.05) is 44.6 Å². The number of carbonyl (C=O) groups is 1. The van der Waals surface area contributed by atoms with E-state index in [-0.39, 0.29) is 17.4 Å². The van der Waals surface area contributed by atoms with Crippen molar-refractivity contribution in [2.45, 2.75) is 11.4 Å². The van der Waals surface area contributed by atoms with Crippen LogP contribution in [0.4, 0.5) is 5.69 Å². The van der Waals surface area contributed by atoms with E-state index in [9.17, 15) is 13.2 Å². The van der Waals surface area contributed by atoms with Crippen LogP contribution in [0.2, 0.25) is 5.02 Å². The summed E-state index contributed by atoms with van der Waals surface area (Å²) in [6.45, 7) is 3.67. The maximum absolute atomic E-state index is 12.7. The number of hydrogen-bond acceptors (Lipinski definition) is 6. The number of sulfonamides is 1. The number of ether oxygens (including phenoxy) is 2. The van der Waals surface area contributed by atoms with Crippen molar-refractivity contribution >= 4 is 33.2 Å². The first-order valence-corrected chi connectivity index (χ1v) is 13.3. The van der Waals surface area contributed by atoms with E-state index < -0.39 is 10.0 Å². The number of methoxy groups -OCH3 is 1. The molecular formula is C26H28ClN3O5S. The zero-order valence-corrected chi connectivity index (χ0v) is 21.5. The lowest BCUT2D eigenvalue weighted by atomic mass is 10.2. The van der Waals surface area contributed by atoms with Crippen LogP contribution in [0, 0.1) is 0 Å². The zero-order valence-electron chi connectivity index (χ0n) is 19.9. The third-order valence-corrected chi connectivity index (χ3v) is 7.57. The molecule has 1 saturated heterocycles. The normalized spacial score (nSPS) is 14.3. The van der Waals surface area contributed by atoms with Gasteiger partial charge < -0.3 is 14.4 Å². The molecule has 3 aromatic carbocycles. The van der Waals surface area contributed by atoms with Crippen LogP contribution >= 0.6 is 11.6 Å². The molecular weight excluding hydrogens is 502 g/mol. The molecule has 0 bridgehead atoms. The summed E-state index contributed by atoms with van der Waals surface area (Å²) in [5.41, 5.74) is 1.57. The molecule has 0 atom stereocenters. The predicted molar refractivity (Wildman–Crippen MR) is 139 cm³/mol. The van der Waals surface area contributed by atoms with Crippen LogP contribution in [0.3, 0.4) is 0 Å². The van der Waals surface area contributed by atoms with Gasteiger partial charge in [-0.25, -0.2) is 8.42 Å². The molecule has 0 radical (unpaired) electrons. The highest BCUT2D eigenvalue weighted by Gasteiger charge is 2.22. The second kappa shape index (κ2) is 11.6. The van der Waals surface area contributed by atoms with Crippen LogP contribution in [-0.2, 0) is 21.4 Å². The van der Waals surface area contributed by atoms with Gasteiger partial charge in [0.1, 0.15) is 11.5 Å². The van der Waals surface area contributed by atoms with Gasteiger partial charge in [0, 0.05) is 32.7 Å². The first-order valence-electron chi connectivity index (χ1n) is 11.5. The van der Waals surface area contributed by atoms with Crippen LogP contribution in [0.1, 0.15) is 5.56 Å². The second-order valence-corrected chi connectivity index (χ2v) is 10.4. The van der Waals surface area contributed by atoms with Gasteiger partial charge in [-0.15, -0.1) is 0 Å². The lowest BCUT2D eigenvalue weighted by Gasteiger charge is -2.34. The number of piperazine rings is 1. The van der Waals surface area contributed by atoms with Crippen molar-refractivity contribution in [1.29, 1.82) is 0 Å². The number of anilines is 1. The SMILES string of the molecule is COc1ccc(NS(=O)(=O)c2ccc(OCC(=O)N3CCN(Cc4ccccc4)CC3)cc2)cc1Cl. The van der Waals surface area contributed by atoms with Crippen molar-refractivity contribution in [3.05, 3.63) is 83.4 Å². The molecule has 10 heteroatoms. The Morgan fingerprint density at radius 1 is 0.972 bits per heavy atom. The quantitative estimate of drug-likeness (QED) is 0.453. The lowest BCUT2D eigenvalue weighted by Crippen LogP contribution is -2.49. The fourth-order valence-corrected chi connectivity index (χ4v) is 5.20. The molecule has 0 aromatic heterocycles. The fourth-order valence-electron chi connectivity index (χ4n) is 3.89. The average Bonchev–Trinajstić information content (AvgIpc) is 2.88. The summed E-state index contributed by atoms with van der Waals surface area (Å²) in [5.74, 6) is 0.770. The van der Waals surface area contributed by atoms with E-state index >= 15 is 0 Å². The molecule has 0 saturated carbocycles. The molecule has 1 heterocycles. The Hall–Kier alpha value is -3.27. The highest BCUT2D eigenvalue weighted by molar-refractivity contribution is 7.92. The summed E-state index contributed by atoms with van der Waals surface area (Å²) in [6.07, 6.45) is 0. The van der Waals surface area contributed by atoms with Crippen LogP contribution in [0.25, 0.3) is 0 Å². The Kier molecular flexibility index (Phi) is 8.35. The van der Waals surface area contributed by atoms with Gasteiger partial charge in [0.2, 0.25) is 0 Å². The summed E-state index contributed by atoms with van der Waals surface area (Å²) in [5, 5.41) is 0.295. The molecule has 3 aromatic rings. The standard InChI is InChI=1S/C26H28ClN3O5S/c1-34-25-12-7-21(17-24(25)27)28-36(32,33)23-10-8-22(9-11-23)35-19-26(31)30-15-13-29(14-16-30)18-20-5-3-2-4-6-20/h2-12,17,28H,13-16,18-19H2,1H3. The second-order valence-electron chi connectivity index (χ2n) is 8.36. The van der Waals surface area contributed by atoms with Crippen LogP contribution < -0.4 is 14.2 Å². The molecule has 0 unspecified atom stereocenters. The maximum atomic E-state index is 12.7. The predicted octanol–water partition coefficient (Wildman–Crippen LogP) is 3.87. The Labute approximate surface area is 216 Å². The van der Waals surface area contributed by atoms with Crippen molar-refractivity contribution < 1.29 is 22.7 Å². The van der Waals surface area contributed by atoms with E-state index in [1.807, 2.05) is 18.2 Å². The highest BCUT2D eigenvalue weighted by atomic mass is 35.5. The molecule has 36 heavy (non-hydrogen) atoms. The van der Waals surface area contributed by atoms with Crippen molar-refractivity contribution in [3.63, 3.8) is 0 Å². The van der Waals surface area contributed by atoms with Gasteiger partial charge in [0.15, 0.2) is 6.61 Å². The monoisotopic (exact) mass is 529 g/mol.